The van der Waals surface area contributed by atoms with Crippen LogP contribution in [0, 0.1) is 0 Å². The predicted octanol–water partition coefficient (Wildman–Crippen LogP) is 7.78. The highest BCUT2D eigenvalue weighted by Crippen LogP contribution is 2.38. The summed E-state index contributed by atoms with van der Waals surface area (Å²) in [4.78, 5) is 8.65. The fourth-order valence-electron chi connectivity index (χ4n) is 4.48. The Bertz CT molecular complexity index is 1510. The second-order valence-corrected chi connectivity index (χ2v) is 7.97. The van der Waals surface area contributed by atoms with Crippen LogP contribution < -0.4 is 0 Å². The van der Waals surface area contributed by atoms with E-state index in [0.29, 0.717) is 0 Å². The first-order valence-corrected chi connectivity index (χ1v) is 10.7. The van der Waals surface area contributed by atoms with Crippen molar-refractivity contribution in [2.45, 2.75) is 0 Å². The zero-order valence-electron chi connectivity index (χ0n) is 17.4. The van der Waals surface area contributed by atoms with E-state index in [1.54, 1.807) is 0 Å². The number of pyridine rings is 2. The van der Waals surface area contributed by atoms with Gasteiger partial charge in [-0.3, -0.25) is 9.97 Å². The van der Waals surface area contributed by atoms with Gasteiger partial charge in [0.05, 0.1) is 0 Å². The molecule has 0 atom stereocenters. The van der Waals surface area contributed by atoms with Gasteiger partial charge in [-0.15, -0.1) is 0 Å². The zero-order chi connectivity index (χ0) is 21.3. The quantitative estimate of drug-likeness (QED) is 0.279. The lowest BCUT2D eigenvalue weighted by molar-refractivity contribution is 1.30. The Morgan fingerprint density at radius 2 is 1.00 bits per heavy atom. The van der Waals surface area contributed by atoms with Crippen LogP contribution in [0.2, 0.25) is 0 Å². The van der Waals surface area contributed by atoms with Gasteiger partial charge in [0.1, 0.15) is 0 Å². The summed E-state index contributed by atoms with van der Waals surface area (Å²) in [6, 6.07) is 34.5. The third-order valence-corrected chi connectivity index (χ3v) is 6.01. The van der Waals surface area contributed by atoms with Crippen LogP contribution in [-0.4, -0.2) is 9.97 Å². The maximum absolute atomic E-state index is 4.52. The zero-order valence-corrected chi connectivity index (χ0v) is 17.4. The van der Waals surface area contributed by atoms with Crippen molar-refractivity contribution < 1.29 is 0 Å². The van der Waals surface area contributed by atoms with Gasteiger partial charge in [-0.25, -0.2) is 0 Å². The topological polar surface area (TPSA) is 25.8 Å². The van der Waals surface area contributed by atoms with Gasteiger partial charge in [-0.05, 0) is 74.1 Å². The maximum atomic E-state index is 4.52. The lowest BCUT2D eigenvalue weighted by atomic mass is 9.90. The van der Waals surface area contributed by atoms with E-state index in [1.165, 1.54) is 32.7 Å². The van der Waals surface area contributed by atoms with Gasteiger partial charge in [0.2, 0.25) is 0 Å². The molecule has 6 rings (SSSR count). The van der Waals surface area contributed by atoms with Crippen molar-refractivity contribution in [3.05, 3.63) is 122 Å². The fraction of sp³-hybridized carbons (Fsp3) is 0. The molecule has 0 N–H and O–H groups in total. The summed E-state index contributed by atoms with van der Waals surface area (Å²) >= 11 is 0. The smallest absolute Gasteiger partial charge is 0.0346 e. The number of rotatable bonds is 3. The van der Waals surface area contributed by atoms with Crippen LogP contribution in [0.3, 0.4) is 0 Å². The van der Waals surface area contributed by atoms with E-state index in [1.807, 2.05) is 36.9 Å². The van der Waals surface area contributed by atoms with Crippen molar-refractivity contribution in [3.8, 4) is 33.4 Å². The largest absolute Gasteiger partial charge is 0.265 e. The third-order valence-electron chi connectivity index (χ3n) is 6.01. The maximum Gasteiger partial charge on any atom is 0.0346 e. The summed E-state index contributed by atoms with van der Waals surface area (Å²) in [5.41, 5.74) is 6.95. The molecule has 2 aromatic heterocycles. The number of fused-ring (bicyclic) bond motifs is 2. The van der Waals surface area contributed by atoms with Crippen LogP contribution >= 0.6 is 0 Å². The highest BCUT2D eigenvalue weighted by Gasteiger charge is 2.11. The molecule has 0 aliphatic carbocycles. The molecular weight excluding hydrogens is 388 g/mol. The van der Waals surface area contributed by atoms with Crippen LogP contribution in [0.4, 0.5) is 0 Å². The van der Waals surface area contributed by atoms with Gasteiger partial charge in [0.15, 0.2) is 0 Å². The molecule has 0 fully saturated rings. The summed E-state index contributed by atoms with van der Waals surface area (Å²) in [5, 5.41) is 5.06. The van der Waals surface area contributed by atoms with Crippen LogP contribution in [0.5, 0.6) is 0 Å². The van der Waals surface area contributed by atoms with E-state index in [4.69, 9.17) is 0 Å². The van der Waals surface area contributed by atoms with E-state index in [-0.39, 0.29) is 0 Å². The molecule has 0 aliphatic rings. The van der Waals surface area contributed by atoms with E-state index >= 15 is 0 Å². The molecule has 0 unspecified atom stereocenters. The van der Waals surface area contributed by atoms with Crippen LogP contribution in [-0.2, 0) is 0 Å². The van der Waals surface area contributed by atoms with E-state index in [9.17, 15) is 0 Å². The first-order chi connectivity index (χ1) is 15.9. The minimum Gasteiger partial charge on any atom is -0.265 e. The first-order valence-electron chi connectivity index (χ1n) is 10.7. The van der Waals surface area contributed by atoms with Crippen molar-refractivity contribution in [3.63, 3.8) is 0 Å². The normalized spacial score (nSPS) is 11.1. The monoisotopic (exact) mass is 408 g/mol. The molecule has 0 saturated heterocycles. The van der Waals surface area contributed by atoms with Crippen LogP contribution in [0.1, 0.15) is 0 Å². The summed E-state index contributed by atoms with van der Waals surface area (Å²) in [6.07, 6.45) is 7.47. The lowest BCUT2D eigenvalue weighted by Gasteiger charge is -2.13. The van der Waals surface area contributed by atoms with Crippen LogP contribution in [0.25, 0.3) is 54.9 Å². The molecule has 0 bridgehead atoms. The molecule has 32 heavy (non-hydrogen) atoms. The van der Waals surface area contributed by atoms with Gasteiger partial charge in [0, 0.05) is 35.9 Å². The SMILES string of the molecule is c1cc(-c2cncc(-c3ccncc3)c2)cc(-c2c3ccccc3cc3ccccc23)c1. The average molecular weight is 409 g/mol. The standard InChI is InChI=1S/C30H20N2/c1-3-10-28-23(6-1)17-24-7-2-4-11-29(24)30(28)25-9-5-8-22(16-25)27-18-26(19-32-20-27)21-12-14-31-15-13-21/h1-20H. The minimum atomic E-state index is 1.09. The Labute approximate surface area is 186 Å². The average Bonchev–Trinajstić information content (AvgIpc) is 2.88. The fourth-order valence-corrected chi connectivity index (χ4v) is 4.48. The second-order valence-electron chi connectivity index (χ2n) is 7.97. The third kappa shape index (κ3) is 3.23. The molecule has 2 nitrogen and oxygen atoms in total. The van der Waals surface area contributed by atoms with Gasteiger partial charge in [0.25, 0.3) is 0 Å². The first kappa shape index (κ1) is 18.5. The van der Waals surface area contributed by atoms with Crippen molar-refractivity contribution in [2.75, 3.05) is 0 Å². The highest BCUT2D eigenvalue weighted by atomic mass is 14.6. The Kier molecular flexibility index (Phi) is 4.47. The number of benzene rings is 4. The van der Waals surface area contributed by atoms with E-state index < -0.39 is 0 Å². The second kappa shape index (κ2) is 7.75. The van der Waals surface area contributed by atoms with Gasteiger partial charge in [-0.2, -0.15) is 0 Å². The molecule has 4 aromatic carbocycles. The van der Waals surface area contributed by atoms with Crippen molar-refractivity contribution in [2.24, 2.45) is 0 Å². The Morgan fingerprint density at radius 3 is 1.72 bits per heavy atom. The number of aromatic nitrogens is 2. The molecule has 0 aliphatic heterocycles. The Balaban J connectivity index is 1.54. The van der Waals surface area contributed by atoms with Crippen LogP contribution in [0.15, 0.2) is 122 Å². The number of hydrogen-bond donors (Lipinski definition) is 0. The predicted molar refractivity (Wildman–Crippen MR) is 133 cm³/mol. The summed E-state index contributed by atoms with van der Waals surface area (Å²) in [7, 11) is 0. The molecular formula is C30H20N2. The summed E-state index contributed by atoms with van der Waals surface area (Å²) < 4.78 is 0. The van der Waals surface area contributed by atoms with E-state index in [0.717, 1.165) is 22.3 Å². The summed E-state index contributed by atoms with van der Waals surface area (Å²) in [5.74, 6) is 0. The Morgan fingerprint density at radius 1 is 0.406 bits per heavy atom. The lowest BCUT2D eigenvalue weighted by Crippen LogP contribution is -1.88. The molecule has 150 valence electrons. The van der Waals surface area contributed by atoms with Gasteiger partial charge < -0.3 is 0 Å². The molecule has 0 spiro atoms. The molecule has 0 saturated carbocycles. The highest BCUT2D eigenvalue weighted by molar-refractivity contribution is 6.12. The van der Waals surface area contributed by atoms with Crippen molar-refractivity contribution >= 4 is 21.5 Å². The van der Waals surface area contributed by atoms with Crippen molar-refractivity contribution in [1.29, 1.82) is 0 Å². The minimum absolute atomic E-state index is 1.09. The molecule has 0 radical (unpaired) electrons. The molecule has 0 amide bonds. The number of nitrogens with zero attached hydrogens (tertiary/aromatic N) is 2. The van der Waals surface area contributed by atoms with Gasteiger partial charge in [-0.1, -0.05) is 66.7 Å². The Hall–Kier alpha value is -4.30. The van der Waals surface area contributed by atoms with Crippen molar-refractivity contribution in [1.82, 2.24) is 9.97 Å². The summed E-state index contributed by atoms with van der Waals surface area (Å²) in [6.45, 7) is 0. The molecule has 6 aromatic rings. The molecule has 2 heterocycles. The van der Waals surface area contributed by atoms with E-state index in [2.05, 4.69) is 94.9 Å². The van der Waals surface area contributed by atoms with Gasteiger partial charge >= 0.3 is 0 Å². The molecule has 2 heteroatoms. The number of hydrogen-bond acceptors (Lipinski definition) is 2.